The molecule has 7 heteroatoms. The molecule has 0 aliphatic heterocycles. The predicted octanol–water partition coefficient (Wildman–Crippen LogP) is 4.07. The SMILES string of the molecule is CC#CCC(NC(=O)OCC1c2ccccc2-c2ccccc21)C(=O)N[C@H]1CCC[C@@H](C(=O)O)C1. The standard InChI is InChI=1S/C28H30N2O5/c1-2-3-15-25(26(31)29-19-10-8-9-18(16-19)27(32)33)30-28(34)35-17-24-22-13-6-4-11-20(22)21-12-5-7-14-23(21)24/h4-7,11-14,18-19,24-25H,8-10,15-17H2,1H3,(H,29,31)(H,30,34)(H,32,33)/t18-,19+,25?/m1/s1. The second kappa shape index (κ2) is 11.1. The van der Waals surface area contributed by atoms with E-state index in [-0.39, 0.29) is 30.9 Å². The number of aliphatic carboxylic acids is 1. The van der Waals surface area contributed by atoms with Gasteiger partial charge in [0, 0.05) is 18.4 Å². The maximum absolute atomic E-state index is 12.9. The summed E-state index contributed by atoms with van der Waals surface area (Å²) in [5.74, 6) is 3.84. The summed E-state index contributed by atoms with van der Waals surface area (Å²) in [6.07, 6.45) is 1.91. The van der Waals surface area contributed by atoms with Crippen molar-refractivity contribution in [1.82, 2.24) is 10.6 Å². The Hall–Kier alpha value is -3.79. The first-order chi connectivity index (χ1) is 17.0. The summed E-state index contributed by atoms with van der Waals surface area (Å²) in [6, 6.07) is 15.0. The normalized spacial score (nSPS) is 19.3. The lowest BCUT2D eigenvalue weighted by molar-refractivity contribution is -0.143. The number of nitrogens with one attached hydrogen (secondary N) is 2. The highest BCUT2D eigenvalue weighted by atomic mass is 16.5. The Morgan fingerprint density at radius 1 is 1.06 bits per heavy atom. The van der Waals surface area contributed by atoms with Crippen LogP contribution in [0.5, 0.6) is 0 Å². The summed E-state index contributed by atoms with van der Waals surface area (Å²) in [5, 5.41) is 14.9. The molecule has 2 aromatic rings. The smallest absolute Gasteiger partial charge is 0.407 e. The molecule has 0 heterocycles. The van der Waals surface area contributed by atoms with Crippen molar-refractivity contribution in [2.45, 2.75) is 57.0 Å². The number of benzene rings is 2. The van der Waals surface area contributed by atoms with Crippen molar-refractivity contribution < 1.29 is 24.2 Å². The number of hydrogen-bond acceptors (Lipinski definition) is 4. The zero-order valence-electron chi connectivity index (χ0n) is 19.8. The van der Waals surface area contributed by atoms with Gasteiger partial charge in [-0.25, -0.2) is 4.79 Å². The number of amides is 2. The van der Waals surface area contributed by atoms with Crippen LogP contribution in [0, 0.1) is 17.8 Å². The second-order valence-corrected chi connectivity index (χ2v) is 9.06. The Morgan fingerprint density at radius 3 is 2.34 bits per heavy atom. The molecule has 0 spiro atoms. The lowest BCUT2D eigenvalue weighted by atomic mass is 9.85. The lowest BCUT2D eigenvalue weighted by Gasteiger charge is -2.28. The van der Waals surface area contributed by atoms with Gasteiger partial charge < -0.3 is 20.5 Å². The molecule has 182 valence electrons. The summed E-state index contributed by atoms with van der Waals surface area (Å²) < 4.78 is 5.58. The average molecular weight is 475 g/mol. The summed E-state index contributed by atoms with van der Waals surface area (Å²) in [7, 11) is 0. The van der Waals surface area contributed by atoms with Crippen molar-refractivity contribution in [3.63, 3.8) is 0 Å². The van der Waals surface area contributed by atoms with Crippen molar-refractivity contribution in [3.05, 3.63) is 59.7 Å². The predicted molar refractivity (Wildman–Crippen MR) is 132 cm³/mol. The van der Waals surface area contributed by atoms with Gasteiger partial charge in [-0.3, -0.25) is 9.59 Å². The third-order valence-electron chi connectivity index (χ3n) is 6.81. The highest BCUT2D eigenvalue weighted by molar-refractivity contribution is 5.86. The molecule has 0 saturated heterocycles. The van der Waals surface area contributed by atoms with E-state index in [1.165, 1.54) is 0 Å². The van der Waals surface area contributed by atoms with Gasteiger partial charge in [-0.05, 0) is 48.4 Å². The van der Waals surface area contributed by atoms with Crippen LogP contribution < -0.4 is 10.6 Å². The minimum Gasteiger partial charge on any atom is -0.481 e. The van der Waals surface area contributed by atoms with E-state index in [0.717, 1.165) is 28.7 Å². The molecule has 2 aliphatic rings. The van der Waals surface area contributed by atoms with E-state index in [4.69, 9.17) is 4.74 Å². The Balaban J connectivity index is 1.38. The van der Waals surface area contributed by atoms with Crippen molar-refractivity contribution >= 4 is 18.0 Å². The van der Waals surface area contributed by atoms with Crippen molar-refractivity contribution in [2.24, 2.45) is 5.92 Å². The maximum Gasteiger partial charge on any atom is 0.407 e. The number of carboxylic acids is 1. The first-order valence-electron chi connectivity index (χ1n) is 12.0. The van der Waals surface area contributed by atoms with E-state index < -0.39 is 24.0 Å². The molecule has 35 heavy (non-hydrogen) atoms. The van der Waals surface area contributed by atoms with Gasteiger partial charge in [0.15, 0.2) is 0 Å². The van der Waals surface area contributed by atoms with Gasteiger partial charge in [0.05, 0.1) is 5.92 Å². The molecule has 2 aromatic carbocycles. The number of rotatable bonds is 7. The molecule has 1 unspecified atom stereocenters. The zero-order chi connectivity index (χ0) is 24.8. The van der Waals surface area contributed by atoms with Gasteiger partial charge >= 0.3 is 12.1 Å². The zero-order valence-corrected chi connectivity index (χ0v) is 19.8. The van der Waals surface area contributed by atoms with E-state index in [2.05, 4.69) is 34.6 Å². The van der Waals surface area contributed by atoms with Gasteiger partial charge in [0.1, 0.15) is 12.6 Å². The fourth-order valence-electron chi connectivity index (χ4n) is 5.04. The molecule has 4 rings (SSSR count). The second-order valence-electron chi connectivity index (χ2n) is 9.06. The van der Waals surface area contributed by atoms with Crippen molar-refractivity contribution in [2.75, 3.05) is 6.61 Å². The van der Waals surface area contributed by atoms with Crippen LogP contribution in [0.1, 0.15) is 56.1 Å². The van der Waals surface area contributed by atoms with Crippen LogP contribution in [0.4, 0.5) is 4.79 Å². The molecule has 0 radical (unpaired) electrons. The summed E-state index contributed by atoms with van der Waals surface area (Å²) in [4.78, 5) is 37.0. The highest BCUT2D eigenvalue weighted by Crippen LogP contribution is 2.44. The molecule has 3 N–H and O–H groups in total. The third-order valence-corrected chi connectivity index (χ3v) is 6.81. The van der Waals surface area contributed by atoms with Crippen LogP contribution in [0.3, 0.4) is 0 Å². The summed E-state index contributed by atoms with van der Waals surface area (Å²) >= 11 is 0. The molecule has 0 bridgehead atoms. The summed E-state index contributed by atoms with van der Waals surface area (Å²) in [6.45, 7) is 1.82. The monoisotopic (exact) mass is 474 g/mol. The average Bonchev–Trinajstić information content (AvgIpc) is 3.19. The fraction of sp³-hybridized carbons (Fsp3) is 0.393. The Bertz CT molecular complexity index is 1120. The van der Waals surface area contributed by atoms with E-state index in [1.807, 2.05) is 36.4 Å². The highest BCUT2D eigenvalue weighted by Gasteiger charge is 2.31. The molecule has 2 aliphatic carbocycles. The molecular weight excluding hydrogens is 444 g/mol. The van der Waals surface area contributed by atoms with Gasteiger partial charge in [-0.2, -0.15) is 0 Å². The quantitative estimate of drug-likeness (QED) is 0.525. The van der Waals surface area contributed by atoms with E-state index in [1.54, 1.807) is 6.92 Å². The molecule has 1 saturated carbocycles. The minimum absolute atomic E-state index is 0.0777. The fourth-order valence-corrected chi connectivity index (χ4v) is 5.04. The van der Waals surface area contributed by atoms with Crippen LogP contribution >= 0.6 is 0 Å². The Kier molecular flexibility index (Phi) is 7.71. The van der Waals surface area contributed by atoms with Gasteiger partial charge in [0.25, 0.3) is 0 Å². The largest absolute Gasteiger partial charge is 0.481 e. The minimum atomic E-state index is -0.886. The molecule has 2 amide bonds. The maximum atomic E-state index is 12.9. The van der Waals surface area contributed by atoms with Crippen molar-refractivity contribution in [3.8, 4) is 23.0 Å². The number of hydrogen-bond donors (Lipinski definition) is 3. The van der Waals surface area contributed by atoms with Crippen LogP contribution in [-0.4, -0.2) is 41.8 Å². The first-order valence-corrected chi connectivity index (χ1v) is 12.0. The number of alkyl carbamates (subject to hydrolysis) is 1. The molecule has 1 fully saturated rings. The van der Waals surface area contributed by atoms with E-state index >= 15 is 0 Å². The van der Waals surface area contributed by atoms with E-state index in [9.17, 15) is 19.5 Å². The van der Waals surface area contributed by atoms with E-state index in [0.29, 0.717) is 19.3 Å². The lowest BCUT2D eigenvalue weighted by Crippen LogP contribution is -2.50. The number of carboxylic acid groups (broad SMARTS) is 1. The van der Waals surface area contributed by atoms with Crippen LogP contribution in [0.2, 0.25) is 0 Å². The molecule has 3 atom stereocenters. The third kappa shape index (κ3) is 5.65. The van der Waals surface area contributed by atoms with Crippen LogP contribution in [-0.2, 0) is 14.3 Å². The topological polar surface area (TPSA) is 105 Å². The number of carbonyl (C=O) groups excluding carboxylic acids is 2. The van der Waals surface area contributed by atoms with Gasteiger partial charge in [-0.15, -0.1) is 11.8 Å². The van der Waals surface area contributed by atoms with Gasteiger partial charge in [-0.1, -0.05) is 55.0 Å². The number of fused-ring (bicyclic) bond motifs is 3. The van der Waals surface area contributed by atoms with Crippen molar-refractivity contribution in [1.29, 1.82) is 0 Å². The number of ether oxygens (including phenoxy) is 1. The molecule has 0 aromatic heterocycles. The van der Waals surface area contributed by atoms with Gasteiger partial charge in [0.2, 0.25) is 5.91 Å². The number of carbonyl (C=O) groups is 3. The summed E-state index contributed by atoms with van der Waals surface area (Å²) in [5.41, 5.74) is 4.50. The molecular formula is C28H30N2O5. The van der Waals surface area contributed by atoms with Crippen LogP contribution in [0.25, 0.3) is 11.1 Å². The van der Waals surface area contributed by atoms with Crippen LogP contribution in [0.15, 0.2) is 48.5 Å². The Morgan fingerprint density at radius 2 is 1.71 bits per heavy atom. The Labute approximate surface area is 205 Å². The first kappa shape index (κ1) is 24.3. The molecule has 7 nitrogen and oxygen atoms in total.